The largest absolute Gasteiger partial charge is 0.309 e. The van der Waals surface area contributed by atoms with Crippen LogP contribution >= 0.6 is 11.8 Å². The summed E-state index contributed by atoms with van der Waals surface area (Å²) < 4.78 is 0. The molecule has 2 aromatic carbocycles. The quantitative estimate of drug-likeness (QED) is 0.763. The number of thioether (sulfide) groups is 1. The zero-order valence-electron chi connectivity index (χ0n) is 13.0. The highest BCUT2D eigenvalue weighted by atomic mass is 32.2. The highest BCUT2D eigenvalue weighted by Gasteiger charge is 2.19. The van der Waals surface area contributed by atoms with Crippen LogP contribution in [0.25, 0.3) is 0 Å². The van der Waals surface area contributed by atoms with Crippen molar-refractivity contribution in [2.24, 2.45) is 0 Å². The molecule has 3 heteroatoms. The lowest BCUT2D eigenvalue weighted by Gasteiger charge is -2.23. The van der Waals surface area contributed by atoms with Crippen molar-refractivity contribution < 1.29 is 4.79 Å². The summed E-state index contributed by atoms with van der Waals surface area (Å²) in [6, 6.07) is 14.0. The van der Waals surface area contributed by atoms with Crippen molar-refractivity contribution in [2.45, 2.75) is 25.7 Å². The highest BCUT2D eigenvalue weighted by Crippen LogP contribution is 2.25. The summed E-state index contributed by atoms with van der Waals surface area (Å²) in [6.45, 7) is 6.79. The minimum absolute atomic E-state index is 0.0625. The molecule has 0 saturated carbocycles. The molecule has 0 atom stereocenters. The van der Waals surface area contributed by atoms with Crippen LogP contribution in [0.3, 0.4) is 0 Å². The molecule has 0 spiro atoms. The summed E-state index contributed by atoms with van der Waals surface area (Å²) in [5.41, 5.74) is 4.09. The second kappa shape index (κ2) is 6.81. The second-order valence-electron chi connectivity index (χ2n) is 5.10. The fourth-order valence-corrected chi connectivity index (χ4v) is 3.11. The van der Waals surface area contributed by atoms with Gasteiger partial charge in [-0.3, -0.25) is 4.79 Å². The van der Waals surface area contributed by atoms with E-state index >= 15 is 0 Å². The third-order valence-electron chi connectivity index (χ3n) is 3.42. The van der Waals surface area contributed by atoms with Gasteiger partial charge in [-0.1, -0.05) is 18.2 Å². The third kappa shape index (κ3) is 3.48. The first-order valence-corrected chi connectivity index (χ1v) is 8.32. The summed E-state index contributed by atoms with van der Waals surface area (Å²) in [4.78, 5) is 15.8. The van der Waals surface area contributed by atoms with Crippen molar-refractivity contribution in [3.05, 3.63) is 59.2 Å². The van der Waals surface area contributed by atoms with Gasteiger partial charge in [-0.2, -0.15) is 0 Å². The lowest BCUT2D eigenvalue weighted by atomic mass is 10.1. The molecule has 1 amide bonds. The Morgan fingerprint density at radius 3 is 2.29 bits per heavy atom. The Hall–Kier alpha value is -1.74. The van der Waals surface area contributed by atoms with E-state index < -0.39 is 0 Å². The van der Waals surface area contributed by atoms with Crippen LogP contribution in [0, 0.1) is 13.8 Å². The number of hydrogen-bond acceptors (Lipinski definition) is 2. The number of carbonyl (C=O) groups is 1. The Morgan fingerprint density at radius 1 is 1.10 bits per heavy atom. The van der Waals surface area contributed by atoms with Crippen molar-refractivity contribution in [3.8, 4) is 0 Å². The van der Waals surface area contributed by atoms with Gasteiger partial charge in [-0.25, -0.2) is 0 Å². The molecule has 2 nitrogen and oxygen atoms in total. The van der Waals surface area contributed by atoms with Gasteiger partial charge in [-0.15, -0.1) is 11.8 Å². The minimum Gasteiger partial charge on any atom is -0.309 e. The van der Waals surface area contributed by atoms with Gasteiger partial charge in [0.25, 0.3) is 5.91 Å². The van der Waals surface area contributed by atoms with Gasteiger partial charge >= 0.3 is 0 Å². The van der Waals surface area contributed by atoms with Crippen LogP contribution in [-0.4, -0.2) is 18.7 Å². The summed E-state index contributed by atoms with van der Waals surface area (Å²) in [7, 11) is 0. The maximum atomic E-state index is 12.9. The van der Waals surface area contributed by atoms with Gasteiger partial charge in [0.2, 0.25) is 0 Å². The van der Waals surface area contributed by atoms with E-state index in [1.54, 1.807) is 11.8 Å². The van der Waals surface area contributed by atoms with Crippen molar-refractivity contribution >= 4 is 23.4 Å². The van der Waals surface area contributed by atoms with Crippen LogP contribution in [0.1, 0.15) is 28.4 Å². The molecule has 0 aliphatic heterocycles. The molecule has 21 heavy (non-hydrogen) atoms. The van der Waals surface area contributed by atoms with E-state index in [0.29, 0.717) is 6.54 Å². The van der Waals surface area contributed by atoms with Gasteiger partial charge in [-0.05, 0) is 62.4 Å². The zero-order valence-corrected chi connectivity index (χ0v) is 13.8. The Kier molecular flexibility index (Phi) is 5.07. The standard InChI is InChI=1S/C18H21NOS/c1-5-19(15-11-13(2)10-14(3)12-15)18(20)16-8-6-7-9-17(16)21-4/h6-12H,5H2,1-4H3. The molecule has 0 aliphatic rings. The van der Waals surface area contributed by atoms with Crippen molar-refractivity contribution in [1.29, 1.82) is 0 Å². The van der Waals surface area contributed by atoms with E-state index in [9.17, 15) is 4.79 Å². The number of hydrogen-bond donors (Lipinski definition) is 0. The maximum absolute atomic E-state index is 12.9. The van der Waals surface area contributed by atoms with Crippen molar-refractivity contribution in [2.75, 3.05) is 17.7 Å². The normalized spacial score (nSPS) is 10.5. The smallest absolute Gasteiger partial charge is 0.259 e. The van der Waals surface area contributed by atoms with Crippen LogP contribution < -0.4 is 4.90 Å². The maximum Gasteiger partial charge on any atom is 0.259 e. The Bertz CT molecular complexity index is 631. The van der Waals surface area contributed by atoms with Gasteiger partial charge in [0.1, 0.15) is 0 Å². The van der Waals surface area contributed by atoms with Crippen LogP contribution in [0.15, 0.2) is 47.4 Å². The fraction of sp³-hybridized carbons (Fsp3) is 0.278. The van der Waals surface area contributed by atoms with Crippen molar-refractivity contribution in [3.63, 3.8) is 0 Å². The summed E-state index contributed by atoms with van der Waals surface area (Å²) in [6.07, 6.45) is 2.00. The molecule has 110 valence electrons. The monoisotopic (exact) mass is 299 g/mol. The van der Waals surface area contributed by atoms with Crippen LogP contribution in [0.2, 0.25) is 0 Å². The number of carbonyl (C=O) groups excluding carboxylic acids is 1. The predicted octanol–water partition coefficient (Wildman–Crippen LogP) is 4.69. The molecule has 0 heterocycles. The van der Waals surface area contributed by atoms with Gasteiger partial charge in [0.15, 0.2) is 0 Å². The Morgan fingerprint density at radius 2 is 1.71 bits per heavy atom. The first kappa shape index (κ1) is 15.6. The number of nitrogens with zero attached hydrogens (tertiary/aromatic N) is 1. The van der Waals surface area contributed by atoms with Gasteiger partial charge in [0.05, 0.1) is 5.56 Å². The number of benzene rings is 2. The van der Waals surface area contributed by atoms with E-state index in [0.717, 1.165) is 16.1 Å². The molecule has 0 fully saturated rings. The average Bonchev–Trinajstić information content (AvgIpc) is 2.46. The lowest BCUT2D eigenvalue weighted by Crippen LogP contribution is -2.31. The molecule has 2 aromatic rings. The second-order valence-corrected chi connectivity index (χ2v) is 5.94. The Balaban J connectivity index is 2.43. The summed E-state index contributed by atoms with van der Waals surface area (Å²) in [5.74, 6) is 0.0625. The number of amides is 1. The summed E-state index contributed by atoms with van der Waals surface area (Å²) >= 11 is 1.61. The van der Waals surface area contributed by atoms with E-state index in [-0.39, 0.29) is 5.91 Å². The van der Waals surface area contributed by atoms with Crippen molar-refractivity contribution in [1.82, 2.24) is 0 Å². The molecular weight excluding hydrogens is 278 g/mol. The SMILES string of the molecule is CCN(C(=O)c1ccccc1SC)c1cc(C)cc(C)c1. The van der Waals surface area contributed by atoms with E-state index in [1.807, 2.05) is 42.3 Å². The van der Waals surface area contributed by atoms with Crippen LogP contribution in [-0.2, 0) is 0 Å². The van der Waals surface area contributed by atoms with Crippen LogP contribution in [0.4, 0.5) is 5.69 Å². The topological polar surface area (TPSA) is 20.3 Å². The summed E-state index contributed by atoms with van der Waals surface area (Å²) in [5, 5.41) is 0. The third-order valence-corrected chi connectivity index (χ3v) is 4.21. The first-order valence-electron chi connectivity index (χ1n) is 7.10. The molecular formula is C18H21NOS. The van der Waals surface area contributed by atoms with E-state index in [2.05, 4.69) is 32.0 Å². The van der Waals surface area contributed by atoms with Gasteiger partial charge in [0, 0.05) is 17.1 Å². The van der Waals surface area contributed by atoms with E-state index in [1.165, 1.54) is 11.1 Å². The highest BCUT2D eigenvalue weighted by molar-refractivity contribution is 7.98. The average molecular weight is 299 g/mol. The molecule has 0 aliphatic carbocycles. The molecule has 0 aromatic heterocycles. The lowest BCUT2D eigenvalue weighted by molar-refractivity contribution is 0.0985. The van der Waals surface area contributed by atoms with E-state index in [4.69, 9.17) is 0 Å². The fourth-order valence-electron chi connectivity index (χ4n) is 2.52. The predicted molar refractivity (Wildman–Crippen MR) is 91.5 cm³/mol. The molecule has 0 N–H and O–H groups in total. The number of rotatable bonds is 4. The number of aryl methyl sites for hydroxylation is 2. The zero-order chi connectivity index (χ0) is 15.4. The van der Waals surface area contributed by atoms with Gasteiger partial charge < -0.3 is 4.90 Å². The molecule has 2 rings (SSSR count). The minimum atomic E-state index is 0.0625. The number of anilines is 1. The molecule has 0 radical (unpaired) electrons. The van der Waals surface area contributed by atoms with Crippen LogP contribution in [0.5, 0.6) is 0 Å². The molecule has 0 unspecified atom stereocenters. The molecule has 0 saturated heterocycles. The Labute approximate surface area is 131 Å². The first-order chi connectivity index (χ1) is 10.1. The molecule has 0 bridgehead atoms.